The summed E-state index contributed by atoms with van der Waals surface area (Å²) in [5.74, 6) is -2.96. The Morgan fingerprint density at radius 3 is 2.42 bits per heavy atom. The number of carbonyl (C=O) groups excluding carboxylic acids is 5. The molecule has 0 bridgehead atoms. The van der Waals surface area contributed by atoms with Crippen molar-refractivity contribution in [3.63, 3.8) is 0 Å². The molecule has 11 heteroatoms. The van der Waals surface area contributed by atoms with Crippen molar-refractivity contribution in [3.05, 3.63) is 76.9 Å². The maximum absolute atomic E-state index is 14.1. The number of hydrogen-bond donors (Lipinski definition) is 4. The molecule has 1 aliphatic rings. The minimum Gasteiger partial charge on any atom is -0.508 e. The molecule has 0 fully saturated rings. The number of hydrogen-bond acceptors (Lipinski definition) is 7. The zero-order valence-corrected chi connectivity index (χ0v) is 25.0. The summed E-state index contributed by atoms with van der Waals surface area (Å²) in [6, 6.07) is 9.46. The van der Waals surface area contributed by atoms with Gasteiger partial charge < -0.3 is 31.1 Å². The van der Waals surface area contributed by atoms with Crippen LogP contribution in [-0.4, -0.2) is 64.3 Å². The lowest BCUT2D eigenvalue weighted by atomic mass is 9.91. The second-order valence-electron chi connectivity index (χ2n) is 10.8. The average Bonchev–Trinajstić information content (AvgIpc) is 2.97. The predicted molar refractivity (Wildman–Crippen MR) is 160 cm³/mol. The summed E-state index contributed by atoms with van der Waals surface area (Å²) in [5.41, 5.74) is 7.73. The summed E-state index contributed by atoms with van der Waals surface area (Å²) in [6.07, 6.45) is 2.95. The van der Waals surface area contributed by atoms with E-state index in [1.165, 1.54) is 23.1 Å². The monoisotopic (exact) mass is 592 g/mol. The van der Waals surface area contributed by atoms with E-state index < -0.39 is 47.7 Å². The molecular formula is C32H40N4O7. The van der Waals surface area contributed by atoms with Crippen molar-refractivity contribution in [2.75, 3.05) is 6.61 Å². The Balaban J connectivity index is 1.90. The van der Waals surface area contributed by atoms with E-state index >= 15 is 0 Å². The fraction of sp³-hybridized carbons (Fsp3) is 0.406. The van der Waals surface area contributed by atoms with Crippen molar-refractivity contribution in [3.8, 4) is 5.75 Å². The Morgan fingerprint density at radius 1 is 1.07 bits per heavy atom. The third-order valence-electron chi connectivity index (χ3n) is 7.38. The minimum absolute atomic E-state index is 0.0349. The molecule has 0 radical (unpaired) electrons. The van der Waals surface area contributed by atoms with E-state index in [4.69, 9.17) is 10.5 Å². The summed E-state index contributed by atoms with van der Waals surface area (Å²) in [4.78, 5) is 66.0. The molecule has 0 spiro atoms. The SMILES string of the molecule is CCOC(=O)/C=C/[C@H](CCC(N)=O)NC(=O)[C@@H]1Cc2ccccc2CN1C(=O)[C@@H](NC(=O)c1cccc(O)c1C)C(C)C. The molecule has 2 aromatic rings. The van der Waals surface area contributed by atoms with Crippen molar-refractivity contribution in [1.29, 1.82) is 0 Å². The molecule has 1 aliphatic heterocycles. The first kappa shape index (κ1) is 32.8. The number of primary amides is 1. The lowest BCUT2D eigenvalue weighted by Gasteiger charge is -2.39. The van der Waals surface area contributed by atoms with Gasteiger partial charge in [0, 0.05) is 42.6 Å². The topological polar surface area (TPSA) is 168 Å². The molecule has 230 valence electrons. The lowest BCUT2D eigenvalue weighted by Crippen LogP contribution is -2.59. The van der Waals surface area contributed by atoms with Gasteiger partial charge >= 0.3 is 5.97 Å². The number of fused-ring (bicyclic) bond motifs is 1. The zero-order valence-electron chi connectivity index (χ0n) is 25.0. The Kier molecular flexibility index (Phi) is 11.4. The number of phenols is 1. The molecular weight excluding hydrogens is 552 g/mol. The van der Waals surface area contributed by atoms with Crippen LogP contribution >= 0.6 is 0 Å². The number of amides is 4. The number of nitrogens with two attached hydrogens (primary N) is 1. The molecule has 1 heterocycles. The van der Waals surface area contributed by atoms with Crippen LogP contribution in [0, 0.1) is 12.8 Å². The van der Waals surface area contributed by atoms with Crippen LogP contribution in [0.1, 0.15) is 60.7 Å². The number of esters is 1. The first-order valence-electron chi connectivity index (χ1n) is 14.3. The number of ether oxygens (including phenoxy) is 1. The van der Waals surface area contributed by atoms with Gasteiger partial charge in [-0.2, -0.15) is 0 Å². The highest BCUT2D eigenvalue weighted by molar-refractivity contribution is 6.00. The number of carbonyl (C=O) groups is 5. The molecule has 0 saturated carbocycles. The van der Waals surface area contributed by atoms with Crippen molar-refractivity contribution >= 4 is 29.6 Å². The largest absolute Gasteiger partial charge is 0.508 e. The molecule has 43 heavy (non-hydrogen) atoms. The van der Waals surface area contributed by atoms with E-state index in [-0.39, 0.29) is 49.6 Å². The van der Waals surface area contributed by atoms with E-state index in [1.54, 1.807) is 39.8 Å². The summed E-state index contributed by atoms with van der Waals surface area (Å²) in [6.45, 7) is 7.20. The fourth-order valence-electron chi connectivity index (χ4n) is 4.95. The number of benzene rings is 2. The Bertz CT molecular complexity index is 1390. The van der Waals surface area contributed by atoms with Crippen LogP contribution in [0.3, 0.4) is 0 Å². The number of phenolic OH excluding ortho intramolecular Hbond substituents is 1. The molecule has 0 aromatic heterocycles. The molecule has 5 N–H and O–H groups in total. The smallest absolute Gasteiger partial charge is 0.330 e. The van der Waals surface area contributed by atoms with Gasteiger partial charge in [0.15, 0.2) is 0 Å². The van der Waals surface area contributed by atoms with Crippen LogP contribution in [0.5, 0.6) is 5.75 Å². The van der Waals surface area contributed by atoms with Crippen LogP contribution in [-0.2, 0) is 36.9 Å². The van der Waals surface area contributed by atoms with E-state index in [1.807, 2.05) is 24.3 Å². The van der Waals surface area contributed by atoms with Gasteiger partial charge in [0.1, 0.15) is 17.8 Å². The highest BCUT2D eigenvalue weighted by Crippen LogP contribution is 2.26. The number of rotatable bonds is 12. The Labute approximate surface area is 251 Å². The van der Waals surface area contributed by atoms with Gasteiger partial charge in [0.2, 0.25) is 17.7 Å². The summed E-state index contributed by atoms with van der Waals surface area (Å²) in [5, 5.41) is 15.7. The number of aromatic hydroxyl groups is 1. The molecule has 0 aliphatic carbocycles. The summed E-state index contributed by atoms with van der Waals surface area (Å²) < 4.78 is 4.92. The van der Waals surface area contributed by atoms with Gasteiger partial charge in [-0.3, -0.25) is 19.2 Å². The second kappa shape index (κ2) is 15.0. The van der Waals surface area contributed by atoms with Gasteiger partial charge in [-0.1, -0.05) is 50.3 Å². The van der Waals surface area contributed by atoms with Crippen LogP contribution in [0.2, 0.25) is 0 Å². The first-order valence-corrected chi connectivity index (χ1v) is 14.3. The van der Waals surface area contributed by atoms with Crippen LogP contribution in [0.15, 0.2) is 54.6 Å². The predicted octanol–water partition coefficient (Wildman–Crippen LogP) is 2.28. The summed E-state index contributed by atoms with van der Waals surface area (Å²) in [7, 11) is 0. The van der Waals surface area contributed by atoms with Gasteiger partial charge in [-0.05, 0) is 49.4 Å². The molecule has 11 nitrogen and oxygen atoms in total. The van der Waals surface area contributed by atoms with Crippen LogP contribution in [0.25, 0.3) is 0 Å². The molecule has 0 unspecified atom stereocenters. The van der Waals surface area contributed by atoms with Crippen molar-refractivity contribution in [2.24, 2.45) is 11.7 Å². The first-order chi connectivity index (χ1) is 20.4. The van der Waals surface area contributed by atoms with E-state index in [0.717, 1.165) is 11.1 Å². The lowest BCUT2D eigenvalue weighted by molar-refractivity contribution is -0.144. The molecule has 3 atom stereocenters. The highest BCUT2D eigenvalue weighted by Gasteiger charge is 2.39. The van der Waals surface area contributed by atoms with Crippen molar-refractivity contribution in [2.45, 2.75) is 71.6 Å². The van der Waals surface area contributed by atoms with Crippen LogP contribution in [0.4, 0.5) is 0 Å². The van der Waals surface area contributed by atoms with Gasteiger partial charge in [0.05, 0.1) is 6.61 Å². The highest BCUT2D eigenvalue weighted by atomic mass is 16.5. The quantitative estimate of drug-likeness (QED) is 0.217. The summed E-state index contributed by atoms with van der Waals surface area (Å²) >= 11 is 0. The third kappa shape index (κ3) is 8.67. The molecule has 3 rings (SSSR count). The normalized spacial score (nSPS) is 15.8. The van der Waals surface area contributed by atoms with Gasteiger partial charge in [0.25, 0.3) is 5.91 Å². The van der Waals surface area contributed by atoms with Crippen LogP contribution < -0.4 is 16.4 Å². The maximum Gasteiger partial charge on any atom is 0.330 e. The molecule has 2 aromatic carbocycles. The van der Waals surface area contributed by atoms with Crippen molar-refractivity contribution < 1.29 is 33.8 Å². The standard InChI is InChI=1S/C32H40N4O7/c1-5-43-28(39)16-14-23(13-15-27(33)38)34-31(41)25-17-21-9-6-7-10-22(21)18-36(25)32(42)29(19(2)3)35-30(40)24-11-8-12-26(37)20(24)4/h6-12,14,16,19,23,25,29,37H,5,13,15,17-18H2,1-4H3,(H2,33,38)(H,34,41)(H,35,40)/b16-14+/t23-,25-,29-/m0/s1. The fourth-order valence-corrected chi connectivity index (χ4v) is 4.95. The van der Waals surface area contributed by atoms with E-state index in [2.05, 4.69) is 10.6 Å². The third-order valence-corrected chi connectivity index (χ3v) is 7.38. The Hall–Kier alpha value is -4.67. The minimum atomic E-state index is -0.968. The maximum atomic E-state index is 14.1. The number of nitrogens with zero attached hydrogens (tertiary/aromatic N) is 1. The van der Waals surface area contributed by atoms with E-state index in [9.17, 15) is 29.1 Å². The number of nitrogens with one attached hydrogen (secondary N) is 2. The molecule has 4 amide bonds. The van der Waals surface area contributed by atoms with Crippen molar-refractivity contribution in [1.82, 2.24) is 15.5 Å². The van der Waals surface area contributed by atoms with E-state index in [0.29, 0.717) is 5.56 Å². The van der Waals surface area contributed by atoms with Gasteiger partial charge in [-0.25, -0.2) is 4.79 Å². The Morgan fingerprint density at radius 2 is 1.77 bits per heavy atom. The second-order valence-corrected chi connectivity index (χ2v) is 10.8. The zero-order chi connectivity index (χ0) is 31.7. The average molecular weight is 593 g/mol. The van der Waals surface area contributed by atoms with Gasteiger partial charge in [-0.15, -0.1) is 0 Å². The molecule has 0 saturated heterocycles.